The van der Waals surface area contributed by atoms with Gasteiger partial charge in [-0.2, -0.15) is 0 Å². The molecule has 7 heteroatoms. The minimum absolute atomic E-state index is 0.200. The molecular weight excluding hydrogens is 310 g/mol. The molecule has 23 heavy (non-hydrogen) atoms. The molecule has 3 heterocycles. The Balaban J connectivity index is 1.67. The third kappa shape index (κ3) is 3.83. The van der Waals surface area contributed by atoms with E-state index in [1.165, 1.54) is 31.0 Å². The Morgan fingerprint density at radius 3 is 2.57 bits per heavy atom. The van der Waals surface area contributed by atoms with Crippen LogP contribution in [0, 0.1) is 13.8 Å². The average molecular weight is 333 g/mol. The second-order valence-corrected chi connectivity index (χ2v) is 7.04. The number of carbonyl (C=O) groups excluding carboxylic acids is 1. The first-order valence-electron chi connectivity index (χ1n) is 8.25. The monoisotopic (exact) mass is 333 g/mol. The molecule has 3 rings (SSSR count). The summed E-state index contributed by atoms with van der Waals surface area (Å²) in [7, 11) is 0. The summed E-state index contributed by atoms with van der Waals surface area (Å²) in [5.41, 5.74) is 1.97. The maximum absolute atomic E-state index is 12.5. The van der Waals surface area contributed by atoms with Crippen molar-refractivity contribution in [1.29, 1.82) is 0 Å². The molecule has 124 valence electrons. The molecule has 1 aliphatic rings. The van der Waals surface area contributed by atoms with Gasteiger partial charge in [0, 0.05) is 24.5 Å². The minimum atomic E-state index is 0.200. The second kappa shape index (κ2) is 7.29. The van der Waals surface area contributed by atoms with Crippen LogP contribution in [-0.4, -0.2) is 49.2 Å². The first-order valence-corrected chi connectivity index (χ1v) is 9.23. The topological polar surface area (TPSA) is 63.4 Å². The number of thioether (sulfide) groups is 1. The molecule has 0 unspecified atom stereocenters. The van der Waals surface area contributed by atoms with Crippen molar-refractivity contribution in [2.45, 2.75) is 51.1 Å². The largest absolute Gasteiger partial charge is 0.342 e. The van der Waals surface area contributed by atoms with Gasteiger partial charge in [0.05, 0.1) is 5.75 Å². The molecule has 0 spiro atoms. The molecule has 1 fully saturated rings. The van der Waals surface area contributed by atoms with Gasteiger partial charge in [0.15, 0.2) is 5.16 Å². The average Bonchev–Trinajstić information content (AvgIpc) is 2.87. The van der Waals surface area contributed by atoms with Gasteiger partial charge in [-0.05, 0) is 32.8 Å². The van der Waals surface area contributed by atoms with Gasteiger partial charge in [0.1, 0.15) is 0 Å². The van der Waals surface area contributed by atoms with Crippen molar-refractivity contribution in [2.75, 3.05) is 18.8 Å². The molecule has 0 saturated carbocycles. The molecule has 0 bridgehead atoms. The van der Waals surface area contributed by atoms with Crippen LogP contribution in [0.1, 0.15) is 43.5 Å². The van der Waals surface area contributed by atoms with E-state index in [1.54, 1.807) is 0 Å². The Labute approximate surface area is 140 Å². The van der Waals surface area contributed by atoms with Crippen molar-refractivity contribution < 1.29 is 4.79 Å². The van der Waals surface area contributed by atoms with E-state index in [4.69, 9.17) is 0 Å². The van der Waals surface area contributed by atoms with Crippen molar-refractivity contribution in [3.05, 3.63) is 17.5 Å². The standard InChI is InChI=1S/C16H23N5OS/c1-12-10-13(2)21-15(17-12)18-19-16(21)23-11-14(22)20-8-6-4-3-5-7-9-20/h10H,3-9,11H2,1-2H3. The van der Waals surface area contributed by atoms with Gasteiger partial charge in [-0.3, -0.25) is 9.20 Å². The minimum Gasteiger partial charge on any atom is -0.342 e. The quantitative estimate of drug-likeness (QED) is 0.808. The highest BCUT2D eigenvalue weighted by atomic mass is 32.2. The highest BCUT2D eigenvalue weighted by Gasteiger charge is 2.17. The number of fused-ring (bicyclic) bond motifs is 1. The summed E-state index contributed by atoms with van der Waals surface area (Å²) in [6, 6.07) is 2.00. The number of likely N-dealkylation sites (tertiary alicyclic amines) is 1. The van der Waals surface area contributed by atoms with Crippen molar-refractivity contribution in [3.63, 3.8) is 0 Å². The van der Waals surface area contributed by atoms with Crippen molar-refractivity contribution >= 4 is 23.4 Å². The molecule has 0 radical (unpaired) electrons. The Morgan fingerprint density at radius 2 is 1.83 bits per heavy atom. The van der Waals surface area contributed by atoms with E-state index in [-0.39, 0.29) is 5.91 Å². The van der Waals surface area contributed by atoms with Gasteiger partial charge in [-0.15, -0.1) is 10.2 Å². The van der Waals surface area contributed by atoms with Crippen LogP contribution in [0.5, 0.6) is 0 Å². The lowest BCUT2D eigenvalue weighted by Crippen LogP contribution is -2.35. The molecule has 2 aromatic rings. The van der Waals surface area contributed by atoms with E-state index in [2.05, 4.69) is 15.2 Å². The van der Waals surface area contributed by atoms with Crippen LogP contribution in [0.2, 0.25) is 0 Å². The highest BCUT2D eigenvalue weighted by Crippen LogP contribution is 2.20. The van der Waals surface area contributed by atoms with Crippen LogP contribution < -0.4 is 0 Å². The van der Waals surface area contributed by atoms with Crippen LogP contribution in [-0.2, 0) is 4.79 Å². The van der Waals surface area contributed by atoms with Gasteiger partial charge < -0.3 is 4.90 Å². The van der Waals surface area contributed by atoms with Gasteiger partial charge in [-0.25, -0.2) is 4.98 Å². The maximum atomic E-state index is 12.5. The van der Waals surface area contributed by atoms with E-state index in [1.807, 2.05) is 29.2 Å². The molecule has 0 aliphatic carbocycles. The van der Waals surface area contributed by atoms with Crippen molar-refractivity contribution in [1.82, 2.24) is 24.5 Å². The Morgan fingerprint density at radius 1 is 1.13 bits per heavy atom. The molecule has 0 aromatic carbocycles. The second-order valence-electron chi connectivity index (χ2n) is 6.09. The summed E-state index contributed by atoms with van der Waals surface area (Å²) in [4.78, 5) is 18.8. The first kappa shape index (κ1) is 16.2. The molecular formula is C16H23N5OS. The zero-order chi connectivity index (χ0) is 16.2. The number of nitrogens with zero attached hydrogens (tertiary/aromatic N) is 5. The van der Waals surface area contributed by atoms with Gasteiger partial charge in [0.2, 0.25) is 5.91 Å². The molecule has 2 aromatic heterocycles. The van der Waals surface area contributed by atoms with Gasteiger partial charge in [0.25, 0.3) is 5.78 Å². The number of aryl methyl sites for hydroxylation is 2. The summed E-state index contributed by atoms with van der Waals surface area (Å²) in [6.07, 6.45) is 6.00. The molecule has 0 atom stereocenters. The number of carbonyl (C=O) groups is 1. The smallest absolute Gasteiger partial charge is 0.256 e. The zero-order valence-electron chi connectivity index (χ0n) is 13.8. The Bertz CT molecular complexity index is 691. The van der Waals surface area contributed by atoms with Crippen LogP contribution >= 0.6 is 11.8 Å². The van der Waals surface area contributed by atoms with Gasteiger partial charge >= 0.3 is 0 Å². The lowest BCUT2D eigenvalue weighted by molar-refractivity contribution is -0.128. The van der Waals surface area contributed by atoms with Crippen molar-refractivity contribution in [2.24, 2.45) is 0 Å². The summed E-state index contributed by atoms with van der Waals surface area (Å²) >= 11 is 1.45. The molecule has 0 N–H and O–H groups in total. The van der Waals surface area contributed by atoms with E-state index >= 15 is 0 Å². The third-order valence-electron chi connectivity index (χ3n) is 4.20. The summed E-state index contributed by atoms with van der Waals surface area (Å²) < 4.78 is 1.92. The van der Waals surface area contributed by atoms with E-state index < -0.39 is 0 Å². The fourth-order valence-electron chi connectivity index (χ4n) is 3.01. The van der Waals surface area contributed by atoms with E-state index in [0.29, 0.717) is 11.5 Å². The number of hydrogen-bond donors (Lipinski definition) is 0. The predicted octanol–water partition coefficient (Wildman–Crippen LogP) is 2.63. The fraction of sp³-hybridized carbons (Fsp3) is 0.625. The molecule has 1 amide bonds. The van der Waals surface area contributed by atoms with Crippen LogP contribution in [0.3, 0.4) is 0 Å². The van der Waals surface area contributed by atoms with Crippen LogP contribution in [0.25, 0.3) is 5.78 Å². The lowest BCUT2D eigenvalue weighted by Gasteiger charge is -2.24. The number of amides is 1. The summed E-state index contributed by atoms with van der Waals surface area (Å²) in [6.45, 7) is 5.73. The van der Waals surface area contributed by atoms with Crippen LogP contribution in [0.4, 0.5) is 0 Å². The maximum Gasteiger partial charge on any atom is 0.256 e. The molecule has 6 nitrogen and oxygen atoms in total. The van der Waals surface area contributed by atoms with Gasteiger partial charge in [-0.1, -0.05) is 31.0 Å². The Kier molecular flexibility index (Phi) is 5.15. The number of rotatable bonds is 3. The lowest BCUT2D eigenvalue weighted by atomic mass is 10.1. The molecule has 1 aliphatic heterocycles. The third-order valence-corrected chi connectivity index (χ3v) is 5.11. The zero-order valence-corrected chi connectivity index (χ0v) is 14.6. The fourth-order valence-corrected chi connectivity index (χ4v) is 3.90. The van der Waals surface area contributed by atoms with E-state index in [0.717, 1.165) is 42.5 Å². The normalized spacial score (nSPS) is 16.3. The number of aromatic nitrogens is 4. The Hall–Kier alpha value is -1.63. The van der Waals surface area contributed by atoms with E-state index in [9.17, 15) is 4.79 Å². The number of hydrogen-bond acceptors (Lipinski definition) is 5. The molecule has 1 saturated heterocycles. The van der Waals surface area contributed by atoms with Crippen molar-refractivity contribution in [3.8, 4) is 0 Å². The summed E-state index contributed by atoms with van der Waals surface area (Å²) in [5.74, 6) is 1.21. The predicted molar refractivity (Wildman–Crippen MR) is 90.6 cm³/mol. The SMILES string of the molecule is Cc1cc(C)n2c(SCC(=O)N3CCCCCCC3)nnc2n1. The summed E-state index contributed by atoms with van der Waals surface area (Å²) in [5, 5.41) is 9.05. The first-order chi connectivity index (χ1) is 11.1. The highest BCUT2D eigenvalue weighted by molar-refractivity contribution is 7.99. The van der Waals surface area contributed by atoms with Crippen LogP contribution in [0.15, 0.2) is 11.2 Å².